The number of aromatic nitrogens is 5. The summed E-state index contributed by atoms with van der Waals surface area (Å²) in [5.41, 5.74) is 18.4. The first-order chi connectivity index (χ1) is 35.2. The van der Waals surface area contributed by atoms with E-state index < -0.39 is 0 Å². The molecular formula is C66H43N5. The van der Waals surface area contributed by atoms with E-state index in [0.29, 0.717) is 5.82 Å². The fraction of sp³-hybridized carbons (Fsp3) is 0. The minimum atomic E-state index is 0.667. The zero-order valence-electron chi connectivity index (χ0n) is 38.6. The predicted octanol–water partition coefficient (Wildman–Crippen LogP) is 16.9. The standard InChI is InChI=1S/C66H43N5/c1-5-17-44(18-6-1)51-23-15-25-53(41-51)59-43-60(54-26-16-24-52(42-54)45-19-7-2-8-20-45)69-65(68-59)49-37-33-47(34-38-49)46-31-35-48(36-32-46)63-62-57(56-29-13-14-30-58(56)67-63)39-40-61-64(62)70-66(50-21-9-3-10-22-50)71(61)55-27-11-4-12-28-55/h1-43H. The first-order valence-electron chi connectivity index (χ1n) is 24.0. The molecule has 0 radical (unpaired) electrons. The van der Waals surface area contributed by atoms with Crippen molar-refractivity contribution in [2.24, 2.45) is 0 Å². The third kappa shape index (κ3) is 7.82. The van der Waals surface area contributed by atoms with Crippen LogP contribution in [-0.2, 0) is 0 Å². The fourth-order valence-corrected chi connectivity index (χ4v) is 9.89. The van der Waals surface area contributed by atoms with E-state index in [0.717, 1.165) is 123 Å². The molecule has 5 heteroatoms. The van der Waals surface area contributed by atoms with Crippen LogP contribution in [-0.4, -0.2) is 24.5 Å². The fourth-order valence-electron chi connectivity index (χ4n) is 9.89. The van der Waals surface area contributed by atoms with Gasteiger partial charge in [0.1, 0.15) is 5.82 Å². The van der Waals surface area contributed by atoms with Gasteiger partial charge in [-0.2, -0.15) is 0 Å². The van der Waals surface area contributed by atoms with Crippen molar-refractivity contribution in [3.63, 3.8) is 0 Å². The summed E-state index contributed by atoms with van der Waals surface area (Å²) in [6.45, 7) is 0. The maximum atomic E-state index is 5.47. The Balaban J connectivity index is 0.891. The van der Waals surface area contributed by atoms with Crippen LogP contribution < -0.4 is 0 Å². The molecule has 332 valence electrons. The van der Waals surface area contributed by atoms with Gasteiger partial charge in [0.15, 0.2) is 5.82 Å². The van der Waals surface area contributed by atoms with E-state index in [1.807, 2.05) is 18.2 Å². The van der Waals surface area contributed by atoms with Crippen molar-refractivity contribution in [1.29, 1.82) is 0 Å². The Morgan fingerprint density at radius 1 is 0.282 bits per heavy atom. The van der Waals surface area contributed by atoms with Crippen molar-refractivity contribution in [3.8, 4) is 95.6 Å². The van der Waals surface area contributed by atoms with Crippen LogP contribution in [0.25, 0.3) is 128 Å². The molecule has 13 aromatic rings. The van der Waals surface area contributed by atoms with E-state index in [1.165, 1.54) is 0 Å². The topological polar surface area (TPSA) is 56.5 Å². The van der Waals surface area contributed by atoms with Crippen molar-refractivity contribution in [1.82, 2.24) is 24.5 Å². The van der Waals surface area contributed by atoms with Crippen molar-refractivity contribution in [2.75, 3.05) is 0 Å². The second kappa shape index (κ2) is 17.8. The number of pyridine rings is 1. The Hall–Kier alpha value is -9.58. The summed E-state index contributed by atoms with van der Waals surface area (Å²) in [7, 11) is 0. The van der Waals surface area contributed by atoms with Crippen LogP contribution in [0.4, 0.5) is 0 Å². The van der Waals surface area contributed by atoms with Crippen LogP contribution in [0.3, 0.4) is 0 Å². The van der Waals surface area contributed by atoms with E-state index in [2.05, 4.69) is 247 Å². The number of imidazole rings is 1. The second-order valence-corrected chi connectivity index (χ2v) is 17.8. The van der Waals surface area contributed by atoms with Gasteiger partial charge in [0.05, 0.1) is 33.6 Å². The molecule has 3 aromatic heterocycles. The van der Waals surface area contributed by atoms with Crippen LogP contribution in [0.5, 0.6) is 0 Å². The number of benzene rings is 10. The molecule has 0 fully saturated rings. The van der Waals surface area contributed by atoms with E-state index in [4.69, 9.17) is 19.9 Å². The van der Waals surface area contributed by atoms with Crippen LogP contribution in [0.2, 0.25) is 0 Å². The van der Waals surface area contributed by atoms with Gasteiger partial charge in [-0.05, 0) is 81.2 Å². The van der Waals surface area contributed by atoms with Gasteiger partial charge < -0.3 is 0 Å². The van der Waals surface area contributed by atoms with Crippen LogP contribution >= 0.6 is 0 Å². The van der Waals surface area contributed by atoms with Crippen molar-refractivity contribution >= 4 is 32.7 Å². The van der Waals surface area contributed by atoms with Crippen molar-refractivity contribution in [3.05, 3.63) is 261 Å². The average molecular weight is 906 g/mol. The minimum Gasteiger partial charge on any atom is -0.292 e. The normalized spacial score (nSPS) is 11.4. The summed E-state index contributed by atoms with van der Waals surface area (Å²) in [5, 5.41) is 3.26. The Labute approximate surface area is 411 Å². The average Bonchev–Trinajstić information content (AvgIpc) is 3.86. The molecule has 5 nitrogen and oxygen atoms in total. The van der Waals surface area contributed by atoms with Crippen molar-refractivity contribution in [2.45, 2.75) is 0 Å². The van der Waals surface area contributed by atoms with Gasteiger partial charge >= 0.3 is 0 Å². The number of para-hydroxylation sites is 2. The van der Waals surface area contributed by atoms with Gasteiger partial charge in [-0.1, -0.05) is 218 Å². The molecule has 0 atom stereocenters. The molecule has 0 aliphatic rings. The number of rotatable bonds is 9. The molecule has 0 aliphatic carbocycles. The van der Waals surface area contributed by atoms with Gasteiger partial charge in [0.2, 0.25) is 0 Å². The molecule has 0 bridgehead atoms. The zero-order valence-corrected chi connectivity index (χ0v) is 38.6. The molecule has 0 unspecified atom stereocenters. The number of nitrogens with zero attached hydrogens (tertiary/aromatic N) is 5. The summed E-state index contributed by atoms with van der Waals surface area (Å²) >= 11 is 0. The maximum Gasteiger partial charge on any atom is 0.160 e. The van der Waals surface area contributed by atoms with Crippen molar-refractivity contribution < 1.29 is 0 Å². The zero-order chi connectivity index (χ0) is 47.1. The highest BCUT2D eigenvalue weighted by atomic mass is 15.1. The monoisotopic (exact) mass is 905 g/mol. The van der Waals surface area contributed by atoms with Crippen LogP contribution in [0.15, 0.2) is 261 Å². The van der Waals surface area contributed by atoms with E-state index >= 15 is 0 Å². The second-order valence-electron chi connectivity index (χ2n) is 17.8. The lowest BCUT2D eigenvalue weighted by Crippen LogP contribution is -1.97. The Bertz CT molecular complexity index is 3960. The summed E-state index contributed by atoms with van der Waals surface area (Å²) < 4.78 is 2.27. The molecule has 0 spiro atoms. The molecule has 0 saturated carbocycles. The van der Waals surface area contributed by atoms with Crippen LogP contribution in [0, 0.1) is 0 Å². The molecule has 0 aliphatic heterocycles. The Morgan fingerprint density at radius 3 is 1.34 bits per heavy atom. The quantitative estimate of drug-likeness (QED) is 0.135. The number of fused-ring (bicyclic) bond motifs is 5. The smallest absolute Gasteiger partial charge is 0.160 e. The molecular weight excluding hydrogens is 863 g/mol. The lowest BCUT2D eigenvalue weighted by Gasteiger charge is -2.13. The number of hydrogen-bond donors (Lipinski definition) is 0. The largest absolute Gasteiger partial charge is 0.292 e. The summed E-state index contributed by atoms with van der Waals surface area (Å²) in [5.74, 6) is 1.56. The van der Waals surface area contributed by atoms with E-state index in [-0.39, 0.29) is 0 Å². The minimum absolute atomic E-state index is 0.667. The lowest BCUT2D eigenvalue weighted by molar-refractivity contribution is 1.10. The molecule has 0 amide bonds. The van der Waals surface area contributed by atoms with Gasteiger partial charge in [0, 0.05) is 44.3 Å². The van der Waals surface area contributed by atoms with Gasteiger partial charge in [-0.25, -0.2) is 19.9 Å². The molecule has 0 N–H and O–H groups in total. The highest BCUT2D eigenvalue weighted by molar-refractivity contribution is 6.20. The molecule has 3 heterocycles. The highest BCUT2D eigenvalue weighted by Gasteiger charge is 2.21. The molecule has 13 rings (SSSR count). The highest BCUT2D eigenvalue weighted by Crippen LogP contribution is 2.41. The first kappa shape index (κ1) is 41.6. The molecule has 10 aromatic carbocycles. The molecule has 71 heavy (non-hydrogen) atoms. The third-order valence-corrected chi connectivity index (χ3v) is 13.4. The summed E-state index contributed by atoms with van der Waals surface area (Å²) in [4.78, 5) is 21.4. The SMILES string of the molecule is c1ccc(-c2cccc(-c3cc(-c4cccc(-c5ccccc5)c4)nc(-c4ccc(-c5ccc(-c6nc7ccccc7c7ccc8c(nc(-c9ccccc9)n8-c8ccccc8)c67)cc5)cc4)n3)c2)cc1. The molecule has 0 saturated heterocycles. The van der Waals surface area contributed by atoms with Gasteiger partial charge in [-0.15, -0.1) is 0 Å². The van der Waals surface area contributed by atoms with E-state index in [1.54, 1.807) is 0 Å². The number of hydrogen-bond acceptors (Lipinski definition) is 4. The Morgan fingerprint density at radius 2 is 0.746 bits per heavy atom. The first-order valence-corrected chi connectivity index (χ1v) is 24.0. The lowest BCUT2D eigenvalue weighted by atomic mass is 9.96. The van der Waals surface area contributed by atoms with Gasteiger partial charge in [0.25, 0.3) is 0 Å². The van der Waals surface area contributed by atoms with E-state index in [9.17, 15) is 0 Å². The van der Waals surface area contributed by atoms with Gasteiger partial charge in [-0.3, -0.25) is 4.57 Å². The predicted molar refractivity (Wildman–Crippen MR) is 293 cm³/mol. The Kier molecular flexibility index (Phi) is 10.4. The summed E-state index contributed by atoms with van der Waals surface area (Å²) in [6, 6.07) is 91.5. The summed E-state index contributed by atoms with van der Waals surface area (Å²) in [6.07, 6.45) is 0. The maximum absolute atomic E-state index is 5.47. The van der Waals surface area contributed by atoms with Crippen LogP contribution in [0.1, 0.15) is 0 Å². The third-order valence-electron chi connectivity index (χ3n) is 13.4.